The number of hydrogen-bond acceptors (Lipinski definition) is 7. The number of ether oxygens (including phenoxy) is 1. The fourth-order valence-electron chi connectivity index (χ4n) is 4.85. The Labute approximate surface area is 195 Å². The molecule has 2 atom stereocenters. The Kier molecular flexibility index (Phi) is 6.45. The van der Waals surface area contributed by atoms with Gasteiger partial charge in [-0.25, -0.2) is 21.2 Å². The number of methoxy groups -OCH3 is 1. The molecular formula is C23H29FN2O5S2. The molecule has 0 bridgehead atoms. The Morgan fingerprint density at radius 2 is 1.61 bits per heavy atom. The highest BCUT2D eigenvalue weighted by atomic mass is 32.2. The van der Waals surface area contributed by atoms with E-state index < -0.39 is 31.0 Å². The summed E-state index contributed by atoms with van der Waals surface area (Å²) in [7, 11) is -5.85. The lowest BCUT2D eigenvalue weighted by atomic mass is 10.1. The van der Waals surface area contributed by atoms with Gasteiger partial charge in [0.15, 0.2) is 19.7 Å². The summed E-state index contributed by atoms with van der Waals surface area (Å²) < 4.78 is 71.1. The van der Waals surface area contributed by atoms with Crippen LogP contribution >= 0.6 is 0 Å². The van der Waals surface area contributed by atoms with Gasteiger partial charge in [0.2, 0.25) is 0 Å². The van der Waals surface area contributed by atoms with Gasteiger partial charge in [0.05, 0.1) is 28.8 Å². The molecule has 7 nitrogen and oxygen atoms in total. The summed E-state index contributed by atoms with van der Waals surface area (Å²) in [5.41, 5.74) is 2.12. The van der Waals surface area contributed by atoms with Crippen LogP contribution in [0.25, 0.3) is 0 Å². The molecule has 2 aliphatic rings. The van der Waals surface area contributed by atoms with Crippen LogP contribution in [0.3, 0.4) is 0 Å². The number of hydrogen-bond donors (Lipinski definition) is 0. The Morgan fingerprint density at radius 1 is 0.970 bits per heavy atom. The summed E-state index contributed by atoms with van der Waals surface area (Å²) in [6.07, 6.45) is 0. The van der Waals surface area contributed by atoms with Crippen LogP contribution in [0, 0.1) is 19.7 Å². The molecule has 2 fully saturated rings. The standard InChI is InChI=1S/C23H29FN2O5S2/c1-16-13-22(17(2)12-21(16)31-3)33(29,30)23-15-32(27,28)14-20(23)26-10-8-25(9-11-26)19-6-4-18(24)5-7-19/h4-7,12-13,20,23H,8-11,14-15H2,1-3H3/t20-,23-/m0/s1. The molecule has 180 valence electrons. The Balaban J connectivity index is 1.58. The van der Waals surface area contributed by atoms with Crippen LogP contribution < -0.4 is 9.64 Å². The summed E-state index contributed by atoms with van der Waals surface area (Å²) in [6.45, 7) is 5.75. The van der Waals surface area contributed by atoms with Crippen molar-refractivity contribution in [1.82, 2.24) is 4.90 Å². The van der Waals surface area contributed by atoms with Gasteiger partial charge >= 0.3 is 0 Å². The predicted molar refractivity (Wildman–Crippen MR) is 126 cm³/mol. The van der Waals surface area contributed by atoms with Crippen LogP contribution in [0.5, 0.6) is 5.75 Å². The first-order valence-electron chi connectivity index (χ1n) is 10.9. The van der Waals surface area contributed by atoms with Crippen molar-refractivity contribution in [2.45, 2.75) is 30.0 Å². The van der Waals surface area contributed by atoms with Gasteiger partial charge in [0, 0.05) is 37.9 Å². The van der Waals surface area contributed by atoms with Crippen molar-refractivity contribution in [3.63, 3.8) is 0 Å². The van der Waals surface area contributed by atoms with Gasteiger partial charge in [-0.2, -0.15) is 0 Å². The maximum atomic E-state index is 13.7. The van der Waals surface area contributed by atoms with E-state index in [0.717, 1.165) is 5.69 Å². The minimum absolute atomic E-state index is 0.165. The summed E-state index contributed by atoms with van der Waals surface area (Å²) in [5.74, 6) is -0.241. The van der Waals surface area contributed by atoms with E-state index in [9.17, 15) is 21.2 Å². The van der Waals surface area contributed by atoms with Crippen LogP contribution in [0.15, 0.2) is 41.3 Å². The molecule has 0 spiro atoms. The maximum Gasteiger partial charge on any atom is 0.184 e. The average molecular weight is 497 g/mol. The maximum absolute atomic E-state index is 13.7. The van der Waals surface area contributed by atoms with Gasteiger partial charge in [-0.05, 0) is 61.4 Å². The minimum Gasteiger partial charge on any atom is -0.496 e. The highest BCUT2D eigenvalue weighted by Crippen LogP contribution is 2.34. The van der Waals surface area contributed by atoms with E-state index in [1.165, 1.54) is 19.2 Å². The fraction of sp³-hybridized carbons (Fsp3) is 0.478. The molecular weight excluding hydrogens is 467 g/mol. The third kappa shape index (κ3) is 4.74. The topological polar surface area (TPSA) is 84.0 Å². The average Bonchev–Trinajstić information content (AvgIpc) is 3.12. The van der Waals surface area contributed by atoms with Crippen LogP contribution in [-0.2, 0) is 19.7 Å². The number of halogens is 1. The van der Waals surface area contributed by atoms with Crippen molar-refractivity contribution < 1.29 is 26.0 Å². The number of piperazine rings is 1. The summed E-state index contributed by atoms with van der Waals surface area (Å²) >= 11 is 0. The zero-order valence-corrected chi connectivity index (χ0v) is 20.6. The Hall–Kier alpha value is -2.17. The number of benzene rings is 2. The number of anilines is 1. The Morgan fingerprint density at radius 3 is 2.21 bits per heavy atom. The van der Waals surface area contributed by atoms with Gasteiger partial charge in [-0.3, -0.25) is 4.90 Å². The molecule has 10 heteroatoms. The smallest absolute Gasteiger partial charge is 0.184 e. The van der Waals surface area contributed by atoms with Crippen LogP contribution in [0.4, 0.5) is 10.1 Å². The van der Waals surface area contributed by atoms with Crippen LogP contribution in [0.1, 0.15) is 11.1 Å². The van der Waals surface area contributed by atoms with Crippen molar-refractivity contribution in [2.75, 3.05) is 49.7 Å². The Bertz CT molecular complexity index is 1240. The molecule has 0 aliphatic carbocycles. The van der Waals surface area contributed by atoms with Crippen LogP contribution in [-0.4, -0.2) is 77.8 Å². The van der Waals surface area contributed by atoms with E-state index in [1.54, 1.807) is 38.1 Å². The molecule has 4 rings (SSSR count). The van der Waals surface area contributed by atoms with E-state index in [4.69, 9.17) is 4.74 Å². The number of nitrogens with zero attached hydrogens (tertiary/aromatic N) is 2. The molecule has 2 aliphatic heterocycles. The van der Waals surface area contributed by atoms with Crippen LogP contribution in [0.2, 0.25) is 0 Å². The minimum atomic E-state index is -3.89. The lowest BCUT2D eigenvalue weighted by Crippen LogP contribution is -2.55. The van der Waals surface area contributed by atoms with E-state index in [-0.39, 0.29) is 22.2 Å². The molecule has 0 radical (unpaired) electrons. The zero-order valence-electron chi connectivity index (χ0n) is 19.0. The largest absolute Gasteiger partial charge is 0.496 e. The molecule has 2 saturated heterocycles. The first-order chi connectivity index (χ1) is 15.5. The van der Waals surface area contributed by atoms with Gasteiger partial charge in [0.1, 0.15) is 11.6 Å². The van der Waals surface area contributed by atoms with E-state index in [1.807, 2.05) is 4.90 Å². The molecule has 0 saturated carbocycles. The monoisotopic (exact) mass is 496 g/mol. The molecule has 2 aromatic rings. The summed E-state index contributed by atoms with van der Waals surface area (Å²) in [6, 6.07) is 8.91. The van der Waals surface area contributed by atoms with Gasteiger partial charge in [0.25, 0.3) is 0 Å². The first kappa shape index (κ1) is 24.0. The van der Waals surface area contributed by atoms with E-state index in [2.05, 4.69) is 4.90 Å². The van der Waals surface area contributed by atoms with Crippen molar-refractivity contribution in [2.24, 2.45) is 0 Å². The van der Waals surface area contributed by atoms with Crippen molar-refractivity contribution in [3.05, 3.63) is 53.3 Å². The molecule has 33 heavy (non-hydrogen) atoms. The molecule has 0 unspecified atom stereocenters. The quantitative estimate of drug-likeness (QED) is 0.628. The zero-order chi connectivity index (χ0) is 24.0. The molecule has 2 aromatic carbocycles. The van der Waals surface area contributed by atoms with Crippen molar-refractivity contribution >= 4 is 25.4 Å². The molecule has 0 N–H and O–H groups in total. The van der Waals surface area contributed by atoms with Crippen molar-refractivity contribution in [1.29, 1.82) is 0 Å². The second kappa shape index (κ2) is 8.88. The van der Waals surface area contributed by atoms with Gasteiger partial charge < -0.3 is 9.64 Å². The van der Waals surface area contributed by atoms with Crippen molar-refractivity contribution in [3.8, 4) is 5.75 Å². The normalized spacial score (nSPS) is 23.6. The highest BCUT2D eigenvalue weighted by Gasteiger charge is 2.49. The lowest BCUT2D eigenvalue weighted by molar-refractivity contribution is 0.201. The predicted octanol–water partition coefficient (Wildman–Crippen LogP) is 2.21. The van der Waals surface area contributed by atoms with E-state index >= 15 is 0 Å². The number of rotatable bonds is 5. The van der Waals surface area contributed by atoms with E-state index in [0.29, 0.717) is 43.1 Å². The SMILES string of the molecule is COc1cc(C)c(S(=O)(=O)[C@H]2CS(=O)(=O)C[C@@H]2N2CCN(c3ccc(F)cc3)CC2)cc1C. The molecule has 0 aromatic heterocycles. The lowest BCUT2D eigenvalue weighted by Gasteiger charge is -2.40. The fourth-order valence-corrected chi connectivity index (χ4v) is 9.99. The summed E-state index contributed by atoms with van der Waals surface area (Å²) in [4.78, 5) is 4.25. The third-order valence-corrected chi connectivity index (χ3v) is 10.9. The third-order valence-electron chi connectivity index (χ3n) is 6.64. The number of sulfone groups is 2. The summed E-state index contributed by atoms with van der Waals surface area (Å²) in [5, 5.41) is -1.02. The van der Waals surface area contributed by atoms with Gasteiger partial charge in [-0.1, -0.05) is 0 Å². The second-order valence-electron chi connectivity index (χ2n) is 8.81. The first-order valence-corrected chi connectivity index (χ1v) is 14.2. The molecule has 2 heterocycles. The van der Waals surface area contributed by atoms with Gasteiger partial charge in [-0.15, -0.1) is 0 Å². The second-order valence-corrected chi connectivity index (χ2v) is 13.1. The molecule has 0 amide bonds. The highest BCUT2D eigenvalue weighted by molar-refractivity contribution is 7.96. The number of aryl methyl sites for hydroxylation is 2.